The van der Waals surface area contributed by atoms with Crippen LogP contribution in [0.5, 0.6) is 11.6 Å². The van der Waals surface area contributed by atoms with Gasteiger partial charge in [0.15, 0.2) is 17.2 Å². The van der Waals surface area contributed by atoms with Gasteiger partial charge in [-0.25, -0.2) is 23.7 Å². The van der Waals surface area contributed by atoms with Crippen LogP contribution in [-0.4, -0.2) is 54.7 Å². The van der Waals surface area contributed by atoms with Gasteiger partial charge in [0.2, 0.25) is 5.88 Å². The Labute approximate surface area is 271 Å². The van der Waals surface area contributed by atoms with Gasteiger partial charge in [-0.2, -0.15) is 10.5 Å². The largest absolute Gasteiger partial charge is 0.484 e. The number of hydrogen-bond donors (Lipinski definition) is 1. The molecule has 0 radical (unpaired) electrons. The number of ether oxygens (including phenoxy) is 2. The molecule has 0 aliphatic carbocycles. The zero-order valence-electron chi connectivity index (χ0n) is 25.9. The van der Waals surface area contributed by atoms with Crippen LogP contribution in [0.4, 0.5) is 8.78 Å². The van der Waals surface area contributed by atoms with Crippen molar-refractivity contribution in [2.75, 3.05) is 13.1 Å². The number of piperidine rings is 1. The summed E-state index contributed by atoms with van der Waals surface area (Å²) in [6.07, 6.45) is 5.37. The smallest absolute Gasteiger partial charge is 0.309 e. The number of aliphatic carboxylic acids is 1. The van der Waals surface area contributed by atoms with Gasteiger partial charge in [0.05, 0.1) is 36.4 Å². The maximum Gasteiger partial charge on any atom is 0.309 e. The third kappa shape index (κ3) is 8.99. The number of benzene rings is 1. The molecule has 244 valence electrons. The monoisotopic (exact) mass is 643 g/mol. The average molecular weight is 644 g/mol. The molecule has 1 aromatic carbocycles. The van der Waals surface area contributed by atoms with Crippen LogP contribution in [0.1, 0.15) is 67.7 Å². The predicted molar refractivity (Wildman–Crippen MR) is 166 cm³/mol. The Morgan fingerprint density at radius 2 is 1.79 bits per heavy atom. The molecule has 5 rings (SSSR count). The van der Waals surface area contributed by atoms with Gasteiger partial charge in [-0.15, -0.1) is 0 Å². The average Bonchev–Trinajstić information content (AvgIpc) is 3.39. The quantitative estimate of drug-likeness (QED) is 0.160. The van der Waals surface area contributed by atoms with Gasteiger partial charge in [0.1, 0.15) is 35.6 Å². The molecule has 11 nitrogen and oxygen atoms in total. The summed E-state index contributed by atoms with van der Waals surface area (Å²) in [7, 11) is 0. The van der Waals surface area contributed by atoms with E-state index < -0.39 is 17.6 Å². The van der Waals surface area contributed by atoms with Gasteiger partial charge >= 0.3 is 5.97 Å². The number of aryl methyl sites for hydroxylation is 1. The van der Waals surface area contributed by atoms with E-state index in [0.29, 0.717) is 43.7 Å². The predicted octanol–water partition coefficient (Wildman–Crippen LogP) is 5.70. The second-order valence-corrected chi connectivity index (χ2v) is 11.4. The fraction of sp³-hybridized carbons (Fsp3) is 0.412. The maximum atomic E-state index is 14.5. The molecule has 0 saturated carbocycles. The van der Waals surface area contributed by atoms with Crippen molar-refractivity contribution in [2.24, 2.45) is 0 Å². The first-order chi connectivity index (χ1) is 22.8. The molecule has 1 aliphatic heterocycles. The van der Waals surface area contributed by atoms with Crippen molar-refractivity contribution in [1.29, 1.82) is 10.5 Å². The number of likely N-dealkylation sites (tertiary alicyclic amines) is 1. The number of carboxylic acid groups (broad SMARTS) is 1. The molecule has 1 N–H and O–H groups in total. The highest BCUT2D eigenvalue weighted by molar-refractivity contribution is 5.74. The van der Waals surface area contributed by atoms with Crippen LogP contribution in [-0.2, 0) is 30.9 Å². The minimum atomic E-state index is -0.940. The third-order valence-electron chi connectivity index (χ3n) is 7.99. The molecule has 1 fully saturated rings. The van der Waals surface area contributed by atoms with E-state index in [1.807, 2.05) is 12.1 Å². The number of pyridine rings is 2. The van der Waals surface area contributed by atoms with Crippen molar-refractivity contribution in [3.8, 4) is 23.8 Å². The van der Waals surface area contributed by atoms with E-state index in [1.54, 1.807) is 6.07 Å². The highest BCUT2D eigenvalue weighted by Crippen LogP contribution is 2.24. The molecule has 4 heterocycles. The van der Waals surface area contributed by atoms with Gasteiger partial charge < -0.3 is 19.1 Å². The maximum absolute atomic E-state index is 14.5. The fourth-order valence-corrected chi connectivity index (χ4v) is 5.55. The van der Waals surface area contributed by atoms with Gasteiger partial charge in [-0.1, -0.05) is 12.8 Å². The number of rotatable bonds is 15. The van der Waals surface area contributed by atoms with E-state index >= 15 is 0 Å². The molecule has 4 aromatic rings. The summed E-state index contributed by atoms with van der Waals surface area (Å²) in [4.78, 5) is 27.3. The van der Waals surface area contributed by atoms with Crippen LogP contribution in [0.15, 0.2) is 42.5 Å². The van der Waals surface area contributed by atoms with Crippen LogP contribution < -0.4 is 9.47 Å². The van der Waals surface area contributed by atoms with Crippen molar-refractivity contribution in [3.63, 3.8) is 0 Å². The lowest BCUT2D eigenvalue weighted by Gasteiger charge is -2.31. The highest BCUT2D eigenvalue weighted by Gasteiger charge is 2.24. The number of nitrogens with zero attached hydrogens (tertiary/aromatic N) is 7. The molecule has 0 atom stereocenters. The minimum Gasteiger partial charge on any atom is -0.484 e. The number of hydrogen-bond acceptors (Lipinski definition) is 9. The van der Waals surface area contributed by atoms with Crippen LogP contribution >= 0.6 is 0 Å². The second kappa shape index (κ2) is 15.9. The van der Waals surface area contributed by atoms with E-state index in [0.717, 1.165) is 56.2 Å². The standard InChI is InChI=1S/C34H35F2N7O4/c35-26-8-11-32(41-29(26)22-46-30-10-6-23(20-38)18-27(30)36)47-25-12-16-42(17-13-25)21-31-40-28-9-7-24(19-33(44)45)39-34(28)43(31)15-5-3-1-2-4-14-37/h6-11,18,25H,1-5,12-13,15-17,19,21-22H2,(H,44,45). The van der Waals surface area contributed by atoms with Crippen molar-refractivity contribution >= 4 is 17.1 Å². The number of carbonyl (C=O) groups is 1. The molecule has 1 saturated heterocycles. The summed E-state index contributed by atoms with van der Waals surface area (Å²) >= 11 is 0. The molecular weight excluding hydrogens is 608 g/mol. The molecule has 13 heteroatoms. The van der Waals surface area contributed by atoms with Gasteiger partial charge in [-0.3, -0.25) is 9.69 Å². The Kier molecular flexibility index (Phi) is 11.3. The van der Waals surface area contributed by atoms with Crippen molar-refractivity contribution in [2.45, 2.75) is 77.2 Å². The zero-order chi connectivity index (χ0) is 33.2. The number of imidazole rings is 1. The lowest BCUT2D eigenvalue weighted by atomic mass is 10.1. The highest BCUT2D eigenvalue weighted by atomic mass is 19.1. The third-order valence-corrected chi connectivity index (χ3v) is 7.99. The van der Waals surface area contributed by atoms with E-state index in [-0.39, 0.29) is 42.0 Å². The summed E-state index contributed by atoms with van der Waals surface area (Å²) in [6, 6.07) is 14.0. The van der Waals surface area contributed by atoms with E-state index in [9.17, 15) is 18.7 Å². The Morgan fingerprint density at radius 1 is 0.979 bits per heavy atom. The van der Waals surface area contributed by atoms with Crippen LogP contribution in [0.2, 0.25) is 0 Å². The Bertz CT molecular complexity index is 1790. The van der Waals surface area contributed by atoms with Crippen LogP contribution in [0.25, 0.3) is 11.2 Å². The number of unbranched alkanes of at least 4 members (excludes halogenated alkanes) is 4. The molecule has 0 bridgehead atoms. The summed E-state index contributed by atoms with van der Waals surface area (Å²) in [5.74, 6) is -1.25. The minimum absolute atomic E-state index is 0.0206. The second-order valence-electron chi connectivity index (χ2n) is 11.4. The molecule has 0 unspecified atom stereocenters. The first kappa shape index (κ1) is 33.2. The first-order valence-corrected chi connectivity index (χ1v) is 15.6. The zero-order valence-corrected chi connectivity index (χ0v) is 25.9. The van der Waals surface area contributed by atoms with Crippen molar-refractivity contribution < 1.29 is 28.2 Å². The van der Waals surface area contributed by atoms with Crippen LogP contribution in [0.3, 0.4) is 0 Å². The molecule has 47 heavy (non-hydrogen) atoms. The van der Waals surface area contributed by atoms with Crippen LogP contribution in [0, 0.1) is 34.3 Å². The number of nitriles is 2. The lowest BCUT2D eigenvalue weighted by Crippen LogP contribution is -2.38. The summed E-state index contributed by atoms with van der Waals surface area (Å²) in [6.45, 7) is 2.44. The van der Waals surface area contributed by atoms with Gasteiger partial charge in [0, 0.05) is 32.1 Å². The van der Waals surface area contributed by atoms with E-state index in [4.69, 9.17) is 25.0 Å². The Morgan fingerprint density at radius 3 is 2.53 bits per heavy atom. The van der Waals surface area contributed by atoms with Crippen molar-refractivity contribution in [1.82, 2.24) is 24.4 Å². The Balaban J connectivity index is 1.19. The van der Waals surface area contributed by atoms with Gasteiger partial charge in [0.25, 0.3) is 0 Å². The summed E-state index contributed by atoms with van der Waals surface area (Å²) in [5.41, 5.74) is 2.02. The lowest BCUT2D eigenvalue weighted by molar-refractivity contribution is -0.136. The fourth-order valence-electron chi connectivity index (χ4n) is 5.55. The molecule has 1 aliphatic rings. The number of aromatic nitrogens is 4. The molecule has 3 aromatic heterocycles. The van der Waals surface area contributed by atoms with E-state index in [1.165, 1.54) is 24.3 Å². The number of fused-ring (bicyclic) bond motifs is 1. The Hall–Kier alpha value is -5.14. The molecule has 0 spiro atoms. The number of carboxylic acids is 1. The summed E-state index contributed by atoms with van der Waals surface area (Å²) < 4.78 is 42.3. The topological polar surface area (TPSA) is 150 Å². The first-order valence-electron chi connectivity index (χ1n) is 15.6. The van der Waals surface area contributed by atoms with E-state index in [2.05, 4.69) is 25.5 Å². The molecular formula is C34H35F2N7O4. The number of halogens is 2. The summed E-state index contributed by atoms with van der Waals surface area (Å²) in [5, 5.41) is 27.0. The SMILES string of the molecule is N#CCCCCCCn1c(CN2CCC(Oc3ccc(F)c(COc4ccc(C#N)cc4F)n3)CC2)nc2ccc(CC(=O)O)nc21. The molecule has 0 amide bonds. The van der Waals surface area contributed by atoms with Gasteiger partial charge in [-0.05, 0) is 62.1 Å². The normalized spacial score (nSPS) is 13.7. The van der Waals surface area contributed by atoms with Crippen molar-refractivity contribution in [3.05, 3.63) is 76.9 Å².